The molecule has 0 aliphatic rings. The molecule has 0 atom stereocenters. The second-order valence-electron chi connectivity index (χ2n) is 5.09. The third-order valence-electron chi connectivity index (χ3n) is 4.01. The Balaban J connectivity index is 4.26. The second kappa shape index (κ2) is 10.8. The number of hydrogen-bond acceptors (Lipinski definition) is 3. The van der Waals surface area contributed by atoms with Crippen LogP contribution in [0.4, 0.5) is 0 Å². The predicted molar refractivity (Wildman–Crippen MR) is 80.0 cm³/mol. The van der Waals surface area contributed by atoms with Gasteiger partial charge in [-0.3, -0.25) is 4.90 Å². The van der Waals surface area contributed by atoms with Crippen LogP contribution in [0, 0.1) is 0 Å². The van der Waals surface area contributed by atoms with Crippen LogP contribution in [-0.2, 0) is 4.74 Å². The summed E-state index contributed by atoms with van der Waals surface area (Å²) in [5, 5.41) is 0. The zero-order valence-corrected chi connectivity index (χ0v) is 13.0. The monoisotopic (exact) mass is 258 g/mol. The van der Waals surface area contributed by atoms with E-state index in [0.29, 0.717) is 0 Å². The number of ether oxygens (including phenoxy) is 1. The molecular weight excluding hydrogens is 224 g/mol. The Labute approximate surface area is 114 Å². The van der Waals surface area contributed by atoms with E-state index in [4.69, 9.17) is 10.5 Å². The largest absolute Gasteiger partial charge is 0.380 e. The lowest BCUT2D eigenvalue weighted by atomic mass is 9.90. The Hall–Kier alpha value is -0.120. The van der Waals surface area contributed by atoms with E-state index in [0.717, 1.165) is 52.1 Å². The van der Waals surface area contributed by atoms with Gasteiger partial charge in [0.15, 0.2) is 0 Å². The molecule has 0 saturated heterocycles. The highest BCUT2D eigenvalue weighted by Gasteiger charge is 2.30. The summed E-state index contributed by atoms with van der Waals surface area (Å²) >= 11 is 0. The van der Waals surface area contributed by atoms with Gasteiger partial charge in [-0.25, -0.2) is 0 Å². The van der Waals surface area contributed by atoms with Crippen molar-refractivity contribution in [1.29, 1.82) is 0 Å². The molecule has 3 heteroatoms. The van der Waals surface area contributed by atoms with E-state index in [2.05, 4.69) is 32.6 Å². The van der Waals surface area contributed by atoms with Gasteiger partial charge in [0.05, 0.1) is 6.61 Å². The van der Waals surface area contributed by atoms with Crippen LogP contribution in [0.25, 0.3) is 0 Å². The molecule has 0 bridgehead atoms. The molecule has 0 aliphatic carbocycles. The van der Waals surface area contributed by atoms with E-state index < -0.39 is 0 Å². The molecule has 0 radical (unpaired) electrons. The number of nitrogens with zero attached hydrogens (tertiary/aromatic N) is 1. The van der Waals surface area contributed by atoms with Crippen molar-refractivity contribution in [2.75, 3.05) is 32.8 Å². The quantitative estimate of drug-likeness (QED) is 0.547. The Morgan fingerprint density at radius 2 is 1.61 bits per heavy atom. The van der Waals surface area contributed by atoms with Crippen LogP contribution in [-0.4, -0.2) is 43.3 Å². The molecule has 0 unspecified atom stereocenters. The van der Waals surface area contributed by atoms with Crippen LogP contribution in [0.3, 0.4) is 0 Å². The Morgan fingerprint density at radius 3 is 2.06 bits per heavy atom. The van der Waals surface area contributed by atoms with Gasteiger partial charge in [0.2, 0.25) is 0 Å². The Morgan fingerprint density at radius 1 is 0.944 bits per heavy atom. The lowest BCUT2D eigenvalue weighted by Crippen LogP contribution is -2.54. The fourth-order valence-corrected chi connectivity index (χ4v) is 2.49. The van der Waals surface area contributed by atoms with E-state index in [9.17, 15) is 0 Å². The normalized spacial score (nSPS) is 12.3. The summed E-state index contributed by atoms with van der Waals surface area (Å²) in [4.78, 5) is 2.54. The minimum absolute atomic E-state index is 0.171. The molecule has 0 aromatic carbocycles. The van der Waals surface area contributed by atoms with E-state index in [1.807, 2.05) is 0 Å². The van der Waals surface area contributed by atoms with Gasteiger partial charge in [0.25, 0.3) is 0 Å². The molecule has 0 aromatic rings. The van der Waals surface area contributed by atoms with Gasteiger partial charge < -0.3 is 10.5 Å². The summed E-state index contributed by atoms with van der Waals surface area (Å²) in [6, 6.07) is 0. The van der Waals surface area contributed by atoms with Crippen LogP contribution < -0.4 is 5.73 Å². The fourth-order valence-electron chi connectivity index (χ4n) is 2.49. The molecule has 0 rings (SSSR count). The van der Waals surface area contributed by atoms with Crippen molar-refractivity contribution in [2.24, 2.45) is 5.73 Å². The summed E-state index contributed by atoms with van der Waals surface area (Å²) in [7, 11) is 0. The highest BCUT2D eigenvalue weighted by Crippen LogP contribution is 2.22. The molecule has 0 aromatic heterocycles. The van der Waals surface area contributed by atoms with Gasteiger partial charge in [-0.2, -0.15) is 0 Å². The maximum atomic E-state index is 6.03. The number of nitrogens with two attached hydrogens (primary N) is 1. The van der Waals surface area contributed by atoms with Crippen LogP contribution in [0.2, 0.25) is 0 Å². The van der Waals surface area contributed by atoms with Crippen molar-refractivity contribution >= 4 is 0 Å². The smallest absolute Gasteiger partial charge is 0.0593 e. The molecule has 2 N–H and O–H groups in total. The fraction of sp³-hybridized carbons (Fsp3) is 1.00. The van der Waals surface area contributed by atoms with E-state index in [1.54, 1.807) is 0 Å². The molecule has 0 amide bonds. The van der Waals surface area contributed by atoms with E-state index in [-0.39, 0.29) is 5.54 Å². The van der Waals surface area contributed by atoms with Crippen LogP contribution in [0.5, 0.6) is 0 Å². The molecule has 0 heterocycles. The second-order valence-corrected chi connectivity index (χ2v) is 5.09. The first-order valence-corrected chi connectivity index (χ1v) is 7.73. The standard InChI is InChI=1S/C15H34N2O/c1-5-9-12-18-13-11-17(10-6-2)15(7-3,8-4)14-16/h5-14,16H2,1-4H3. The van der Waals surface area contributed by atoms with Crippen LogP contribution in [0.15, 0.2) is 0 Å². The predicted octanol–water partition coefficient (Wildman–Crippen LogP) is 3.03. The number of rotatable bonds is 12. The lowest BCUT2D eigenvalue weighted by Gasteiger charge is -2.42. The molecule has 0 aliphatic heterocycles. The zero-order valence-electron chi connectivity index (χ0n) is 13.0. The summed E-state index contributed by atoms with van der Waals surface area (Å²) in [5.41, 5.74) is 6.20. The van der Waals surface area contributed by atoms with Gasteiger partial charge in [-0.05, 0) is 32.2 Å². The van der Waals surface area contributed by atoms with Crippen molar-refractivity contribution in [1.82, 2.24) is 4.90 Å². The summed E-state index contributed by atoms with van der Waals surface area (Å²) in [5.74, 6) is 0. The zero-order chi connectivity index (χ0) is 13.9. The van der Waals surface area contributed by atoms with Crippen LogP contribution in [0.1, 0.15) is 59.8 Å². The molecule has 3 nitrogen and oxygen atoms in total. The van der Waals surface area contributed by atoms with Gasteiger partial charge in [-0.1, -0.05) is 34.1 Å². The highest BCUT2D eigenvalue weighted by atomic mass is 16.5. The molecular formula is C15H34N2O. The van der Waals surface area contributed by atoms with Gasteiger partial charge in [0, 0.05) is 25.2 Å². The van der Waals surface area contributed by atoms with Gasteiger partial charge in [0.1, 0.15) is 0 Å². The lowest BCUT2D eigenvalue weighted by molar-refractivity contribution is 0.0388. The third kappa shape index (κ3) is 5.68. The number of unbranched alkanes of at least 4 members (excludes halogenated alkanes) is 1. The van der Waals surface area contributed by atoms with Gasteiger partial charge in [-0.15, -0.1) is 0 Å². The van der Waals surface area contributed by atoms with Crippen molar-refractivity contribution in [3.8, 4) is 0 Å². The Kier molecular flexibility index (Phi) is 10.7. The summed E-state index contributed by atoms with van der Waals surface area (Å²) in [6.07, 6.45) is 5.79. The van der Waals surface area contributed by atoms with Gasteiger partial charge >= 0.3 is 0 Å². The van der Waals surface area contributed by atoms with E-state index in [1.165, 1.54) is 12.8 Å². The third-order valence-corrected chi connectivity index (χ3v) is 4.01. The van der Waals surface area contributed by atoms with E-state index >= 15 is 0 Å². The summed E-state index contributed by atoms with van der Waals surface area (Å²) in [6.45, 7) is 13.5. The topological polar surface area (TPSA) is 38.5 Å². The maximum Gasteiger partial charge on any atom is 0.0593 e. The maximum absolute atomic E-state index is 6.03. The average Bonchev–Trinajstić information content (AvgIpc) is 2.41. The molecule has 18 heavy (non-hydrogen) atoms. The summed E-state index contributed by atoms with van der Waals surface area (Å²) < 4.78 is 5.70. The van der Waals surface area contributed by atoms with Crippen molar-refractivity contribution < 1.29 is 4.74 Å². The SMILES string of the molecule is CCCCOCCN(CCC)C(CC)(CC)CN. The first-order valence-electron chi connectivity index (χ1n) is 7.73. The number of hydrogen-bond donors (Lipinski definition) is 1. The Bertz CT molecular complexity index is 173. The molecule has 0 fully saturated rings. The first-order chi connectivity index (χ1) is 8.70. The van der Waals surface area contributed by atoms with Crippen molar-refractivity contribution in [2.45, 2.75) is 65.3 Å². The molecule has 0 spiro atoms. The van der Waals surface area contributed by atoms with Crippen LogP contribution >= 0.6 is 0 Å². The van der Waals surface area contributed by atoms with Crippen molar-refractivity contribution in [3.05, 3.63) is 0 Å². The molecule has 110 valence electrons. The highest BCUT2D eigenvalue weighted by molar-refractivity contribution is 4.89. The average molecular weight is 258 g/mol. The minimum atomic E-state index is 0.171. The minimum Gasteiger partial charge on any atom is -0.380 e. The van der Waals surface area contributed by atoms with Crippen molar-refractivity contribution in [3.63, 3.8) is 0 Å². The first kappa shape index (κ1) is 17.9. The molecule has 0 saturated carbocycles.